The summed E-state index contributed by atoms with van der Waals surface area (Å²) in [4.78, 5) is 16.5. The molecule has 0 aliphatic rings. The lowest BCUT2D eigenvalue weighted by Crippen LogP contribution is -2.16. The van der Waals surface area contributed by atoms with Gasteiger partial charge in [-0.3, -0.25) is 10.2 Å². The lowest BCUT2D eigenvalue weighted by atomic mass is 10.0. The van der Waals surface area contributed by atoms with Crippen LogP contribution in [0.4, 0.5) is 20.2 Å². The van der Waals surface area contributed by atoms with Crippen molar-refractivity contribution in [1.82, 2.24) is 14.8 Å². The molecule has 4 N–H and O–H groups in total. The van der Waals surface area contributed by atoms with E-state index in [9.17, 15) is 13.6 Å². The molecule has 3 aromatic rings. The van der Waals surface area contributed by atoms with Crippen molar-refractivity contribution in [2.75, 3.05) is 11.1 Å². The predicted octanol–water partition coefficient (Wildman–Crippen LogP) is 3.10. The highest BCUT2D eigenvalue weighted by atomic mass is 19.3. The van der Waals surface area contributed by atoms with E-state index in [2.05, 4.69) is 15.4 Å². The number of hydrogen-bond acceptors (Lipinski definition) is 6. The minimum atomic E-state index is -2.82. The highest BCUT2D eigenvalue weighted by molar-refractivity contribution is 6.14. The Bertz CT molecular complexity index is 1150. The van der Waals surface area contributed by atoms with Crippen molar-refractivity contribution in [2.45, 2.75) is 13.5 Å². The molecule has 8 nitrogen and oxygen atoms in total. The quantitative estimate of drug-likeness (QED) is 0.451. The fourth-order valence-corrected chi connectivity index (χ4v) is 2.64. The van der Waals surface area contributed by atoms with Gasteiger partial charge in [-0.15, -0.1) is 0 Å². The zero-order valence-electron chi connectivity index (χ0n) is 15.1. The maximum absolute atomic E-state index is 12.7. The zero-order chi connectivity index (χ0) is 21.1. The van der Waals surface area contributed by atoms with Crippen molar-refractivity contribution < 1.29 is 13.6 Å². The van der Waals surface area contributed by atoms with Gasteiger partial charge in [0.2, 0.25) is 0 Å². The normalized spacial score (nSPS) is 10.6. The number of nitrogens with one attached hydrogen (secondary N) is 2. The van der Waals surface area contributed by atoms with Gasteiger partial charge in [0.25, 0.3) is 5.91 Å². The van der Waals surface area contributed by atoms with Crippen LogP contribution < -0.4 is 11.1 Å². The molecule has 0 unspecified atom stereocenters. The highest BCUT2D eigenvalue weighted by Gasteiger charge is 2.16. The van der Waals surface area contributed by atoms with E-state index in [0.717, 1.165) is 12.4 Å². The van der Waals surface area contributed by atoms with Gasteiger partial charge in [-0.2, -0.15) is 19.1 Å². The number of nitrogen functional groups attached to an aromatic ring is 1. The summed E-state index contributed by atoms with van der Waals surface area (Å²) >= 11 is 0. The summed E-state index contributed by atoms with van der Waals surface area (Å²) in [6.45, 7) is -1.16. The number of nitriles is 1. The molecule has 0 saturated heterocycles. The molecule has 146 valence electrons. The Hall–Kier alpha value is -4.13. The molecule has 10 heteroatoms. The molecule has 0 atom stereocenters. The smallest absolute Gasteiger partial charge is 0.333 e. The van der Waals surface area contributed by atoms with Gasteiger partial charge in [-0.1, -0.05) is 0 Å². The van der Waals surface area contributed by atoms with Crippen LogP contribution in [-0.2, 0) is 0 Å². The monoisotopic (exact) mass is 395 g/mol. The predicted molar refractivity (Wildman–Crippen MR) is 102 cm³/mol. The molecule has 2 heterocycles. The Kier molecular flexibility index (Phi) is 5.32. The second-order valence-corrected chi connectivity index (χ2v) is 6.12. The number of alkyl halides is 2. The molecule has 0 fully saturated rings. The first-order valence-corrected chi connectivity index (χ1v) is 8.29. The molecular formula is C19H15F2N7O. The van der Waals surface area contributed by atoms with E-state index >= 15 is 0 Å². The summed E-state index contributed by atoms with van der Waals surface area (Å²) < 4.78 is 25.9. The zero-order valence-corrected chi connectivity index (χ0v) is 15.1. The molecule has 0 radical (unpaired) electrons. The van der Waals surface area contributed by atoms with E-state index in [1.807, 2.05) is 6.07 Å². The largest absolute Gasteiger partial charge is 0.398 e. The first-order chi connectivity index (χ1) is 13.8. The number of carbonyl (C=O) groups is 1. The Labute approximate surface area is 164 Å². The molecule has 1 amide bonds. The number of rotatable bonds is 5. The van der Waals surface area contributed by atoms with Crippen LogP contribution in [0.25, 0.3) is 0 Å². The molecule has 1 aromatic carbocycles. The highest BCUT2D eigenvalue weighted by Crippen LogP contribution is 2.22. The van der Waals surface area contributed by atoms with Crippen LogP contribution in [0.1, 0.15) is 39.3 Å². The lowest BCUT2D eigenvalue weighted by molar-refractivity contribution is 0.0566. The average Bonchev–Trinajstić information content (AvgIpc) is 3.19. The fourth-order valence-electron chi connectivity index (χ4n) is 2.64. The topological polar surface area (TPSA) is 133 Å². The molecule has 2 aromatic heterocycles. The number of carbonyl (C=O) groups excluding carboxylic acids is 1. The van der Waals surface area contributed by atoms with Gasteiger partial charge < -0.3 is 11.1 Å². The first kappa shape index (κ1) is 19.6. The van der Waals surface area contributed by atoms with E-state index < -0.39 is 12.5 Å². The van der Waals surface area contributed by atoms with Crippen molar-refractivity contribution >= 4 is 23.0 Å². The third-order valence-corrected chi connectivity index (χ3v) is 4.09. The molecule has 29 heavy (non-hydrogen) atoms. The molecule has 0 bridgehead atoms. The van der Waals surface area contributed by atoms with Crippen LogP contribution in [0, 0.1) is 23.7 Å². The van der Waals surface area contributed by atoms with Crippen molar-refractivity contribution in [2.24, 2.45) is 0 Å². The number of aromatic nitrogens is 3. The van der Waals surface area contributed by atoms with E-state index in [0.29, 0.717) is 21.5 Å². The third kappa shape index (κ3) is 4.08. The van der Waals surface area contributed by atoms with Crippen LogP contribution >= 0.6 is 0 Å². The number of amides is 1. The fraction of sp³-hybridized carbons (Fsp3) is 0.105. The minimum Gasteiger partial charge on any atom is -0.398 e. The lowest BCUT2D eigenvalue weighted by Gasteiger charge is -2.11. The summed E-state index contributed by atoms with van der Waals surface area (Å²) in [6, 6.07) is 8.01. The van der Waals surface area contributed by atoms with E-state index in [4.69, 9.17) is 16.4 Å². The number of hydrogen-bond donors (Lipinski definition) is 3. The summed E-state index contributed by atoms with van der Waals surface area (Å²) in [6.07, 6.45) is 3.48. The van der Waals surface area contributed by atoms with Crippen molar-refractivity contribution in [1.29, 1.82) is 10.7 Å². The van der Waals surface area contributed by atoms with E-state index in [1.165, 1.54) is 18.3 Å². The van der Waals surface area contributed by atoms with Gasteiger partial charge in [0.05, 0.1) is 17.5 Å². The van der Waals surface area contributed by atoms with Crippen LogP contribution in [0.3, 0.4) is 0 Å². The van der Waals surface area contributed by atoms with Gasteiger partial charge in [0.15, 0.2) is 0 Å². The molecule has 0 spiro atoms. The van der Waals surface area contributed by atoms with E-state index in [-0.39, 0.29) is 28.2 Å². The molecular weight excluding hydrogens is 380 g/mol. The minimum absolute atomic E-state index is 0.113. The van der Waals surface area contributed by atoms with Crippen LogP contribution in [0.15, 0.2) is 42.9 Å². The van der Waals surface area contributed by atoms with Crippen molar-refractivity contribution in [3.63, 3.8) is 0 Å². The number of benzene rings is 1. The van der Waals surface area contributed by atoms with Gasteiger partial charge in [0.1, 0.15) is 11.8 Å². The van der Waals surface area contributed by atoms with E-state index in [1.54, 1.807) is 19.1 Å². The van der Waals surface area contributed by atoms with Crippen LogP contribution in [-0.4, -0.2) is 26.4 Å². The van der Waals surface area contributed by atoms with Crippen LogP contribution in [0.5, 0.6) is 0 Å². The second-order valence-electron chi connectivity index (χ2n) is 6.12. The average molecular weight is 395 g/mol. The first-order valence-electron chi connectivity index (χ1n) is 8.29. The van der Waals surface area contributed by atoms with Crippen molar-refractivity contribution in [3.8, 4) is 6.07 Å². The molecule has 0 aliphatic carbocycles. The maximum atomic E-state index is 12.7. The third-order valence-electron chi connectivity index (χ3n) is 4.09. The summed E-state index contributed by atoms with van der Waals surface area (Å²) in [5, 5.41) is 23.3. The Balaban J connectivity index is 1.86. The second kappa shape index (κ2) is 7.85. The number of halogens is 2. The number of anilines is 2. The summed E-state index contributed by atoms with van der Waals surface area (Å²) in [7, 11) is 0. The molecule has 0 aliphatic heterocycles. The summed E-state index contributed by atoms with van der Waals surface area (Å²) in [5.41, 5.74) is 7.82. The Morgan fingerprint density at radius 3 is 2.72 bits per heavy atom. The standard InChI is InChI=1S/C19H15F2N7O/c1-10-4-11(6-22)7-25-17(10)18(29)27-13-2-3-15(23)14(5-13)16(24)12-8-26-28(9-12)19(20)21/h2-5,7-9,19,24H,23H2,1H3,(H,27,29). The maximum Gasteiger partial charge on any atom is 0.333 e. The van der Waals surface area contributed by atoms with Gasteiger partial charge >= 0.3 is 6.55 Å². The van der Waals surface area contributed by atoms with Crippen molar-refractivity contribution in [3.05, 3.63) is 70.8 Å². The molecule has 3 rings (SSSR count). The van der Waals surface area contributed by atoms with Gasteiger partial charge in [0, 0.05) is 34.9 Å². The van der Waals surface area contributed by atoms with Gasteiger partial charge in [-0.25, -0.2) is 9.67 Å². The van der Waals surface area contributed by atoms with Crippen LogP contribution in [0.2, 0.25) is 0 Å². The number of nitrogens with two attached hydrogens (primary N) is 1. The SMILES string of the molecule is Cc1cc(C#N)cnc1C(=O)Nc1ccc(N)c(C(=N)c2cnn(C(F)F)c2)c1. The van der Waals surface area contributed by atoms with Gasteiger partial charge in [-0.05, 0) is 36.8 Å². The number of nitrogens with zero attached hydrogens (tertiary/aromatic N) is 4. The summed E-state index contributed by atoms with van der Waals surface area (Å²) in [5.74, 6) is -0.500. The Morgan fingerprint density at radius 2 is 2.10 bits per heavy atom. The number of aryl methyl sites for hydroxylation is 1. The number of pyridine rings is 1. The Morgan fingerprint density at radius 1 is 1.34 bits per heavy atom. The molecule has 0 saturated carbocycles.